The summed E-state index contributed by atoms with van der Waals surface area (Å²) in [7, 11) is 0. The van der Waals surface area contributed by atoms with E-state index in [2.05, 4.69) is 48.3 Å². The van der Waals surface area contributed by atoms with Gasteiger partial charge in [0.1, 0.15) is 17.9 Å². The molecule has 0 saturated carbocycles. The maximum Gasteiger partial charge on any atom is 0.324 e. The first-order valence-corrected chi connectivity index (χ1v) is 14.7. The van der Waals surface area contributed by atoms with Crippen LogP contribution in [0.25, 0.3) is 11.1 Å². The van der Waals surface area contributed by atoms with Crippen LogP contribution in [0.15, 0.2) is 122 Å². The Morgan fingerprint density at radius 2 is 1.37 bits per heavy atom. The van der Waals surface area contributed by atoms with E-state index in [0.717, 1.165) is 39.7 Å². The van der Waals surface area contributed by atoms with Crippen molar-refractivity contribution in [1.82, 2.24) is 5.32 Å². The molecule has 0 spiro atoms. The van der Waals surface area contributed by atoms with E-state index in [1.54, 1.807) is 6.08 Å². The Bertz CT molecular complexity index is 1530. The molecule has 0 bridgehead atoms. The zero-order chi connectivity index (χ0) is 30.5. The van der Waals surface area contributed by atoms with Gasteiger partial charge in [-0.3, -0.25) is 10.1 Å². The lowest BCUT2D eigenvalue weighted by atomic mass is 9.74. The third kappa shape index (κ3) is 5.96. The van der Waals surface area contributed by atoms with Crippen molar-refractivity contribution in [2.75, 3.05) is 6.61 Å². The van der Waals surface area contributed by atoms with Crippen LogP contribution in [0.4, 0.5) is 0 Å². The summed E-state index contributed by atoms with van der Waals surface area (Å²) in [6.45, 7) is 9.74. The number of esters is 1. The van der Waals surface area contributed by atoms with E-state index >= 15 is 0 Å². The van der Waals surface area contributed by atoms with Crippen LogP contribution in [0.1, 0.15) is 49.4 Å². The highest BCUT2D eigenvalue weighted by atomic mass is 16.6. The Morgan fingerprint density at radius 1 is 0.837 bits per heavy atom. The molecule has 0 amide bonds. The first-order chi connectivity index (χ1) is 20.7. The molecule has 4 aromatic carbocycles. The number of ether oxygens (including phenoxy) is 2. The predicted molar refractivity (Wildman–Crippen MR) is 170 cm³/mol. The van der Waals surface area contributed by atoms with E-state index in [1.807, 2.05) is 93.6 Å². The molecule has 5 heteroatoms. The van der Waals surface area contributed by atoms with Crippen LogP contribution < -0.4 is 5.32 Å². The Kier molecular flexibility index (Phi) is 8.77. The van der Waals surface area contributed by atoms with Crippen LogP contribution in [0.3, 0.4) is 0 Å². The molecule has 43 heavy (non-hydrogen) atoms. The average molecular weight is 574 g/mol. The normalized spacial score (nSPS) is 15.4. The van der Waals surface area contributed by atoms with Crippen molar-refractivity contribution in [1.29, 1.82) is 0 Å². The number of aldehydes is 1. The first kappa shape index (κ1) is 30.1. The number of fused-ring (bicyclic) bond motifs is 3. The number of carbonyl (C=O) groups excluding carboxylic acids is 2. The second-order valence-electron chi connectivity index (χ2n) is 12.1. The molecule has 0 radical (unpaired) electrons. The number of hydrogen-bond donors (Lipinski definition) is 1. The van der Waals surface area contributed by atoms with Gasteiger partial charge in [0, 0.05) is 0 Å². The molecule has 5 nitrogen and oxygen atoms in total. The molecule has 1 aliphatic rings. The minimum atomic E-state index is -1.31. The van der Waals surface area contributed by atoms with Gasteiger partial charge >= 0.3 is 5.97 Å². The van der Waals surface area contributed by atoms with Gasteiger partial charge in [-0.25, -0.2) is 0 Å². The summed E-state index contributed by atoms with van der Waals surface area (Å²) in [6, 6.07) is 35.2. The Morgan fingerprint density at radius 3 is 1.91 bits per heavy atom. The van der Waals surface area contributed by atoms with Gasteiger partial charge in [0.25, 0.3) is 0 Å². The van der Waals surface area contributed by atoms with Crippen LogP contribution >= 0.6 is 0 Å². The molecule has 0 fully saturated rings. The Hall–Kier alpha value is -4.32. The summed E-state index contributed by atoms with van der Waals surface area (Å²) in [5.41, 5.74) is 3.01. The molecule has 0 aromatic heterocycles. The lowest BCUT2D eigenvalue weighted by Crippen LogP contribution is -2.61. The molecule has 220 valence electrons. The van der Waals surface area contributed by atoms with Gasteiger partial charge in [0.2, 0.25) is 0 Å². The fourth-order valence-electron chi connectivity index (χ4n) is 6.10. The van der Waals surface area contributed by atoms with E-state index < -0.39 is 28.6 Å². The monoisotopic (exact) mass is 573 g/mol. The second kappa shape index (κ2) is 12.5. The summed E-state index contributed by atoms with van der Waals surface area (Å²) in [5.74, 6) is -0.526. The fourth-order valence-corrected chi connectivity index (χ4v) is 6.10. The van der Waals surface area contributed by atoms with E-state index in [4.69, 9.17) is 9.47 Å². The molecule has 5 rings (SSSR count). The first-order valence-electron chi connectivity index (χ1n) is 14.7. The topological polar surface area (TPSA) is 64.6 Å². The quantitative estimate of drug-likeness (QED) is 0.110. The van der Waals surface area contributed by atoms with Crippen molar-refractivity contribution in [2.24, 2.45) is 5.41 Å². The van der Waals surface area contributed by atoms with Crippen LogP contribution in [0, 0.1) is 5.41 Å². The lowest BCUT2D eigenvalue weighted by molar-refractivity contribution is -0.165. The van der Waals surface area contributed by atoms with Gasteiger partial charge in [-0.05, 0) is 60.6 Å². The molecule has 1 N–H and O–H groups in total. The van der Waals surface area contributed by atoms with Crippen LogP contribution in [-0.4, -0.2) is 30.5 Å². The van der Waals surface area contributed by atoms with Crippen molar-refractivity contribution in [3.8, 4) is 11.1 Å². The maximum atomic E-state index is 14.3. The Balaban J connectivity index is 1.68. The van der Waals surface area contributed by atoms with Gasteiger partial charge in [0.05, 0.1) is 24.2 Å². The molecule has 0 aliphatic heterocycles. The van der Waals surface area contributed by atoms with Crippen molar-refractivity contribution in [2.45, 2.75) is 51.0 Å². The van der Waals surface area contributed by atoms with Crippen LogP contribution in [0.5, 0.6) is 0 Å². The summed E-state index contributed by atoms with van der Waals surface area (Å²) >= 11 is 0. The summed E-state index contributed by atoms with van der Waals surface area (Å²) in [6.07, 6.45) is 2.72. The van der Waals surface area contributed by atoms with Gasteiger partial charge in [0.15, 0.2) is 0 Å². The van der Waals surface area contributed by atoms with Gasteiger partial charge < -0.3 is 14.3 Å². The molecular formula is C38H39NO4. The van der Waals surface area contributed by atoms with Gasteiger partial charge in [-0.2, -0.15) is 0 Å². The Labute approximate surface area is 254 Å². The van der Waals surface area contributed by atoms with E-state index in [-0.39, 0.29) is 13.0 Å². The maximum absolute atomic E-state index is 14.3. The van der Waals surface area contributed by atoms with Crippen LogP contribution in [0.2, 0.25) is 0 Å². The summed E-state index contributed by atoms with van der Waals surface area (Å²) in [5, 5.41) is 3.77. The number of hydrogen-bond acceptors (Lipinski definition) is 5. The standard InChI is InChI=1S/C38H39NO4/c1-5-24-37(26-40,27-42-25-28-16-8-6-9-17-28)34(35(41)43-36(2,3)4)39-38(29-18-10-7-11-19-29)32-22-14-12-20-30(32)31-21-13-15-23-33(31)38/h5-23,26,34,39H,1,24-25,27H2,2-4H3/t34-,37?/m1/s1. The predicted octanol–water partition coefficient (Wildman–Crippen LogP) is 7.24. The third-order valence-corrected chi connectivity index (χ3v) is 7.98. The largest absolute Gasteiger partial charge is 0.459 e. The van der Waals surface area contributed by atoms with Crippen molar-refractivity contribution < 1.29 is 19.1 Å². The summed E-state index contributed by atoms with van der Waals surface area (Å²) < 4.78 is 12.2. The van der Waals surface area contributed by atoms with Crippen LogP contribution in [-0.2, 0) is 31.2 Å². The molecule has 1 aliphatic carbocycles. The molecule has 1 unspecified atom stereocenters. The van der Waals surface area contributed by atoms with E-state index in [0.29, 0.717) is 6.61 Å². The lowest BCUT2D eigenvalue weighted by Gasteiger charge is -2.43. The zero-order valence-electron chi connectivity index (χ0n) is 25.1. The molecule has 4 aromatic rings. The SMILES string of the molecule is C=CCC(C=O)(COCc1ccccc1)[C@H](NC1(c2ccccc2)c2ccccc2-c2ccccc21)C(=O)OC(C)(C)C. The minimum Gasteiger partial charge on any atom is -0.459 e. The molecule has 0 heterocycles. The molecule has 2 atom stereocenters. The highest BCUT2D eigenvalue weighted by molar-refractivity contribution is 5.86. The smallest absolute Gasteiger partial charge is 0.324 e. The van der Waals surface area contributed by atoms with Crippen molar-refractivity contribution in [3.05, 3.63) is 144 Å². The zero-order valence-corrected chi connectivity index (χ0v) is 25.1. The fraction of sp³-hybridized carbons (Fsp3) is 0.263. The van der Waals surface area contributed by atoms with E-state index in [9.17, 15) is 9.59 Å². The molecule has 0 saturated heterocycles. The third-order valence-electron chi connectivity index (χ3n) is 7.98. The number of nitrogens with one attached hydrogen (secondary N) is 1. The number of benzene rings is 4. The second-order valence-corrected chi connectivity index (χ2v) is 12.1. The number of carbonyl (C=O) groups is 2. The number of rotatable bonds is 12. The minimum absolute atomic E-state index is 0.0114. The molecular weight excluding hydrogens is 534 g/mol. The number of allylic oxidation sites excluding steroid dienone is 1. The average Bonchev–Trinajstić information content (AvgIpc) is 3.30. The highest BCUT2D eigenvalue weighted by Gasteiger charge is 2.53. The van der Waals surface area contributed by atoms with Gasteiger partial charge in [-0.15, -0.1) is 6.58 Å². The van der Waals surface area contributed by atoms with Crippen molar-refractivity contribution in [3.63, 3.8) is 0 Å². The van der Waals surface area contributed by atoms with Crippen molar-refractivity contribution >= 4 is 12.3 Å². The van der Waals surface area contributed by atoms with E-state index in [1.165, 1.54) is 0 Å². The highest BCUT2D eigenvalue weighted by Crippen LogP contribution is 2.51. The van der Waals surface area contributed by atoms with Gasteiger partial charge in [-0.1, -0.05) is 115 Å². The summed E-state index contributed by atoms with van der Waals surface area (Å²) in [4.78, 5) is 27.6.